The van der Waals surface area contributed by atoms with E-state index in [0.717, 1.165) is 36.3 Å². The summed E-state index contributed by atoms with van der Waals surface area (Å²) >= 11 is 0. The van der Waals surface area contributed by atoms with Crippen LogP contribution in [0.2, 0.25) is 0 Å². The molecule has 2 heterocycles. The summed E-state index contributed by atoms with van der Waals surface area (Å²) in [4.78, 5) is 18.4. The van der Waals surface area contributed by atoms with Crippen LogP contribution in [0.4, 0.5) is 11.4 Å². The van der Waals surface area contributed by atoms with Gasteiger partial charge in [0.15, 0.2) is 0 Å². The van der Waals surface area contributed by atoms with Crippen molar-refractivity contribution in [2.75, 3.05) is 17.2 Å². The van der Waals surface area contributed by atoms with Gasteiger partial charge in [0.1, 0.15) is 5.69 Å². The van der Waals surface area contributed by atoms with Gasteiger partial charge in [0, 0.05) is 24.1 Å². The summed E-state index contributed by atoms with van der Waals surface area (Å²) in [6.07, 6.45) is 3.56. The number of hydrogen-bond donors (Lipinski definition) is 1. The maximum atomic E-state index is 12.5. The summed E-state index contributed by atoms with van der Waals surface area (Å²) in [5, 5.41) is 0. The quantitative estimate of drug-likeness (QED) is 0.793. The van der Waals surface area contributed by atoms with E-state index in [2.05, 4.69) is 4.98 Å². The Labute approximate surface area is 111 Å². The number of nitrogens with two attached hydrogens (primary N) is 1. The fourth-order valence-corrected chi connectivity index (χ4v) is 2.46. The average Bonchev–Trinajstić information content (AvgIpc) is 2.46. The van der Waals surface area contributed by atoms with E-state index in [-0.39, 0.29) is 5.91 Å². The minimum Gasteiger partial charge on any atom is -0.399 e. The van der Waals surface area contributed by atoms with Crippen molar-refractivity contribution in [3.63, 3.8) is 0 Å². The van der Waals surface area contributed by atoms with Crippen LogP contribution in [0.1, 0.15) is 22.5 Å². The van der Waals surface area contributed by atoms with Crippen LogP contribution in [-0.2, 0) is 6.42 Å². The first-order valence-corrected chi connectivity index (χ1v) is 6.37. The Hall–Kier alpha value is -2.36. The van der Waals surface area contributed by atoms with E-state index in [1.54, 1.807) is 17.2 Å². The third kappa shape index (κ3) is 2.17. The Morgan fingerprint density at radius 2 is 2.16 bits per heavy atom. The number of nitrogen functional groups attached to an aromatic ring is 1. The number of benzene rings is 1. The Morgan fingerprint density at radius 1 is 1.26 bits per heavy atom. The van der Waals surface area contributed by atoms with Crippen LogP contribution in [0.25, 0.3) is 0 Å². The van der Waals surface area contributed by atoms with E-state index in [1.165, 1.54) is 0 Å². The number of aromatic nitrogens is 1. The summed E-state index contributed by atoms with van der Waals surface area (Å²) < 4.78 is 0. The highest BCUT2D eigenvalue weighted by molar-refractivity contribution is 6.05. The number of fused-ring (bicyclic) bond motifs is 1. The van der Waals surface area contributed by atoms with Crippen molar-refractivity contribution < 1.29 is 4.79 Å². The van der Waals surface area contributed by atoms with E-state index in [9.17, 15) is 4.79 Å². The predicted molar refractivity (Wildman–Crippen MR) is 75.1 cm³/mol. The molecule has 0 radical (unpaired) electrons. The molecular formula is C15H15N3O. The summed E-state index contributed by atoms with van der Waals surface area (Å²) in [7, 11) is 0. The first kappa shape index (κ1) is 11.7. The summed E-state index contributed by atoms with van der Waals surface area (Å²) in [5.41, 5.74) is 9.11. The monoisotopic (exact) mass is 253 g/mol. The number of carbonyl (C=O) groups excluding carboxylic acids is 1. The third-order valence-corrected chi connectivity index (χ3v) is 3.35. The van der Waals surface area contributed by atoms with Crippen LogP contribution in [0.3, 0.4) is 0 Å². The zero-order chi connectivity index (χ0) is 13.2. The smallest absolute Gasteiger partial charge is 0.276 e. The molecule has 0 atom stereocenters. The first-order valence-electron chi connectivity index (χ1n) is 6.37. The zero-order valence-electron chi connectivity index (χ0n) is 10.5. The molecule has 4 heteroatoms. The molecule has 2 aromatic rings. The second kappa shape index (κ2) is 4.72. The van der Waals surface area contributed by atoms with Gasteiger partial charge in [-0.15, -0.1) is 0 Å². The Kier molecular flexibility index (Phi) is 2.91. The van der Waals surface area contributed by atoms with Crippen molar-refractivity contribution >= 4 is 17.3 Å². The lowest BCUT2D eigenvalue weighted by atomic mass is 10.0. The molecule has 1 amide bonds. The molecule has 3 rings (SSSR count). The third-order valence-electron chi connectivity index (χ3n) is 3.35. The van der Waals surface area contributed by atoms with Gasteiger partial charge >= 0.3 is 0 Å². The van der Waals surface area contributed by atoms with Crippen LogP contribution in [0, 0.1) is 0 Å². The van der Waals surface area contributed by atoms with Gasteiger partial charge in [-0.05, 0) is 48.7 Å². The first-order chi connectivity index (χ1) is 9.25. The Morgan fingerprint density at radius 3 is 2.95 bits per heavy atom. The number of rotatable bonds is 1. The van der Waals surface area contributed by atoms with Gasteiger partial charge in [-0.25, -0.2) is 0 Å². The van der Waals surface area contributed by atoms with E-state index in [0.29, 0.717) is 5.69 Å². The van der Waals surface area contributed by atoms with E-state index in [1.807, 2.05) is 30.3 Å². The minimum absolute atomic E-state index is 0.0497. The van der Waals surface area contributed by atoms with Gasteiger partial charge in [0.2, 0.25) is 0 Å². The average molecular weight is 253 g/mol. The lowest BCUT2D eigenvalue weighted by Gasteiger charge is -2.29. The van der Waals surface area contributed by atoms with Crippen LogP contribution >= 0.6 is 0 Å². The fourth-order valence-electron chi connectivity index (χ4n) is 2.46. The van der Waals surface area contributed by atoms with Crippen LogP contribution in [0.5, 0.6) is 0 Å². The molecule has 1 aliphatic heterocycles. The molecule has 0 fully saturated rings. The van der Waals surface area contributed by atoms with E-state index < -0.39 is 0 Å². The maximum absolute atomic E-state index is 12.5. The second-order valence-electron chi connectivity index (χ2n) is 4.66. The molecule has 0 unspecified atom stereocenters. The molecule has 0 saturated heterocycles. The van der Waals surface area contributed by atoms with Crippen molar-refractivity contribution in [1.29, 1.82) is 0 Å². The zero-order valence-corrected chi connectivity index (χ0v) is 10.5. The SMILES string of the molecule is Nc1ccc2c(c1)CCCN2C(=O)c1ccccn1. The Balaban J connectivity index is 1.98. The van der Waals surface area contributed by atoms with Gasteiger partial charge < -0.3 is 10.6 Å². The van der Waals surface area contributed by atoms with Crippen molar-refractivity contribution in [2.45, 2.75) is 12.8 Å². The molecule has 1 aromatic carbocycles. The summed E-state index contributed by atoms with van der Waals surface area (Å²) in [6.45, 7) is 0.728. The molecule has 0 spiro atoms. The summed E-state index contributed by atoms with van der Waals surface area (Å²) in [6, 6.07) is 11.1. The number of pyridine rings is 1. The van der Waals surface area contributed by atoms with E-state index >= 15 is 0 Å². The number of carbonyl (C=O) groups is 1. The number of anilines is 2. The molecule has 2 N–H and O–H groups in total. The topological polar surface area (TPSA) is 59.2 Å². The molecule has 1 aromatic heterocycles. The Bertz CT molecular complexity index is 610. The molecular weight excluding hydrogens is 238 g/mol. The van der Waals surface area contributed by atoms with Crippen molar-refractivity contribution in [2.24, 2.45) is 0 Å². The van der Waals surface area contributed by atoms with Gasteiger partial charge in [-0.1, -0.05) is 6.07 Å². The molecule has 4 nitrogen and oxygen atoms in total. The highest BCUT2D eigenvalue weighted by Gasteiger charge is 2.24. The molecule has 0 aliphatic carbocycles. The predicted octanol–water partition coefficient (Wildman–Crippen LogP) is 2.26. The van der Waals surface area contributed by atoms with Gasteiger partial charge in [0.25, 0.3) is 5.91 Å². The minimum atomic E-state index is -0.0497. The van der Waals surface area contributed by atoms with Gasteiger partial charge in [-0.3, -0.25) is 9.78 Å². The van der Waals surface area contributed by atoms with Crippen molar-refractivity contribution in [3.8, 4) is 0 Å². The fraction of sp³-hybridized carbons (Fsp3) is 0.200. The molecule has 0 bridgehead atoms. The normalized spacial score (nSPS) is 14.0. The largest absolute Gasteiger partial charge is 0.399 e. The van der Waals surface area contributed by atoms with Gasteiger partial charge in [-0.2, -0.15) is 0 Å². The molecule has 19 heavy (non-hydrogen) atoms. The lowest BCUT2D eigenvalue weighted by molar-refractivity contribution is 0.0980. The standard InChI is InChI=1S/C15H15N3O/c16-12-6-7-14-11(10-12)4-3-9-18(14)15(19)13-5-1-2-8-17-13/h1-2,5-8,10H,3-4,9,16H2. The number of aryl methyl sites for hydroxylation is 1. The maximum Gasteiger partial charge on any atom is 0.276 e. The summed E-state index contributed by atoms with van der Waals surface area (Å²) in [5.74, 6) is -0.0497. The van der Waals surface area contributed by atoms with Crippen molar-refractivity contribution in [1.82, 2.24) is 4.98 Å². The number of amides is 1. The van der Waals surface area contributed by atoms with Crippen molar-refractivity contribution in [3.05, 3.63) is 53.9 Å². The van der Waals surface area contributed by atoms with Gasteiger partial charge in [0.05, 0.1) is 0 Å². The molecule has 96 valence electrons. The van der Waals surface area contributed by atoms with Crippen LogP contribution in [-0.4, -0.2) is 17.4 Å². The molecule has 0 saturated carbocycles. The van der Waals surface area contributed by atoms with E-state index in [4.69, 9.17) is 5.73 Å². The van der Waals surface area contributed by atoms with Crippen LogP contribution in [0.15, 0.2) is 42.6 Å². The number of hydrogen-bond acceptors (Lipinski definition) is 3. The highest BCUT2D eigenvalue weighted by atomic mass is 16.2. The highest BCUT2D eigenvalue weighted by Crippen LogP contribution is 2.29. The lowest BCUT2D eigenvalue weighted by Crippen LogP contribution is -2.35. The van der Waals surface area contributed by atoms with Crippen LogP contribution < -0.4 is 10.6 Å². The number of nitrogens with zero attached hydrogens (tertiary/aromatic N) is 2. The second-order valence-corrected chi connectivity index (χ2v) is 4.66. The molecule has 1 aliphatic rings.